The van der Waals surface area contributed by atoms with Gasteiger partial charge in [-0.3, -0.25) is 4.90 Å². The van der Waals surface area contributed by atoms with Crippen LogP contribution >= 0.6 is 15.9 Å². The standard InChI is InChI=1S/C15H24BrN3/c1-15(2,19-10-8-17-9-11-19)12-18(3)14-7-5-4-6-13(14)16/h4-7,17H,8-12H2,1-3H3. The molecule has 0 bridgehead atoms. The maximum atomic E-state index is 3.64. The molecule has 1 heterocycles. The molecule has 1 aliphatic rings. The summed E-state index contributed by atoms with van der Waals surface area (Å²) in [5.74, 6) is 0. The fraction of sp³-hybridized carbons (Fsp3) is 0.600. The number of nitrogens with zero attached hydrogens (tertiary/aromatic N) is 2. The van der Waals surface area contributed by atoms with E-state index in [4.69, 9.17) is 0 Å². The average molecular weight is 326 g/mol. The van der Waals surface area contributed by atoms with Crippen molar-refractivity contribution in [1.82, 2.24) is 10.2 Å². The summed E-state index contributed by atoms with van der Waals surface area (Å²) in [7, 11) is 2.17. The van der Waals surface area contributed by atoms with Crippen LogP contribution in [0, 0.1) is 0 Å². The second-order valence-corrected chi connectivity index (χ2v) is 6.71. The number of hydrogen-bond acceptors (Lipinski definition) is 3. The van der Waals surface area contributed by atoms with Crippen molar-refractivity contribution in [3.05, 3.63) is 28.7 Å². The first-order valence-electron chi connectivity index (χ1n) is 6.92. The molecule has 1 N–H and O–H groups in total. The third-order valence-corrected chi connectivity index (χ3v) is 4.53. The van der Waals surface area contributed by atoms with Crippen LogP contribution in [0.1, 0.15) is 13.8 Å². The zero-order valence-corrected chi connectivity index (χ0v) is 13.7. The van der Waals surface area contributed by atoms with Crippen molar-refractivity contribution in [2.75, 3.05) is 44.7 Å². The molecule has 0 aromatic heterocycles. The SMILES string of the molecule is CN(CC(C)(C)N1CCNCC1)c1ccccc1Br. The van der Waals surface area contributed by atoms with E-state index in [0.29, 0.717) is 0 Å². The highest BCUT2D eigenvalue weighted by Gasteiger charge is 2.29. The van der Waals surface area contributed by atoms with Gasteiger partial charge in [0.25, 0.3) is 0 Å². The zero-order valence-electron chi connectivity index (χ0n) is 12.1. The van der Waals surface area contributed by atoms with Gasteiger partial charge in [-0.25, -0.2) is 0 Å². The van der Waals surface area contributed by atoms with E-state index >= 15 is 0 Å². The van der Waals surface area contributed by atoms with E-state index in [-0.39, 0.29) is 5.54 Å². The van der Waals surface area contributed by atoms with E-state index in [9.17, 15) is 0 Å². The number of halogens is 1. The van der Waals surface area contributed by atoms with Gasteiger partial charge in [0.15, 0.2) is 0 Å². The van der Waals surface area contributed by atoms with Crippen LogP contribution in [0.2, 0.25) is 0 Å². The van der Waals surface area contributed by atoms with Crippen LogP contribution in [0.3, 0.4) is 0 Å². The third kappa shape index (κ3) is 3.71. The third-order valence-electron chi connectivity index (χ3n) is 3.86. The van der Waals surface area contributed by atoms with E-state index in [0.717, 1.165) is 37.2 Å². The minimum absolute atomic E-state index is 0.187. The van der Waals surface area contributed by atoms with Gasteiger partial charge in [-0.2, -0.15) is 0 Å². The van der Waals surface area contributed by atoms with Gasteiger partial charge in [0.1, 0.15) is 0 Å². The molecule has 0 spiro atoms. The summed E-state index contributed by atoms with van der Waals surface area (Å²) in [5.41, 5.74) is 1.44. The van der Waals surface area contributed by atoms with E-state index in [1.807, 2.05) is 0 Å². The van der Waals surface area contributed by atoms with Crippen LogP contribution in [0.4, 0.5) is 5.69 Å². The lowest BCUT2D eigenvalue weighted by molar-refractivity contribution is 0.109. The molecular weight excluding hydrogens is 302 g/mol. The van der Waals surface area contributed by atoms with Gasteiger partial charge in [-0.05, 0) is 41.9 Å². The Morgan fingerprint density at radius 2 is 1.89 bits per heavy atom. The summed E-state index contributed by atoms with van der Waals surface area (Å²) < 4.78 is 1.16. The average Bonchev–Trinajstić information content (AvgIpc) is 2.39. The van der Waals surface area contributed by atoms with Crippen LogP contribution in [-0.2, 0) is 0 Å². The molecule has 2 rings (SSSR count). The van der Waals surface area contributed by atoms with Gasteiger partial charge >= 0.3 is 0 Å². The summed E-state index contributed by atoms with van der Waals surface area (Å²) in [4.78, 5) is 4.92. The monoisotopic (exact) mass is 325 g/mol. The van der Waals surface area contributed by atoms with Crippen LogP contribution in [0.25, 0.3) is 0 Å². The normalized spacial score (nSPS) is 17.5. The molecule has 0 radical (unpaired) electrons. The topological polar surface area (TPSA) is 18.5 Å². The highest BCUT2D eigenvalue weighted by Crippen LogP contribution is 2.27. The van der Waals surface area contributed by atoms with E-state index in [1.54, 1.807) is 0 Å². The Bertz CT molecular complexity index is 414. The summed E-state index contributed by atoms with van der Waals surface area (Å²) in [5, 5.41) is 3.42. The predicted molar refractivity (Wildman–Crippen MR) is 85.9 cm³/mol. The fourth-order valence-corrected chi connectivity index (χ4v) is 3.38. The first-order chi connectivity index (χ1) is 9.00. The Balaban J connectivity index is 2.04. The first-order valence-corrected chi connectivity index (χ1v) is 7.71. The molecule has 1 aromatic rings. The molecule has 0 atom stereocenters. The lowest BCUT2D eigenvalue weighted by Gasteiger charge is -2.43. The predicted octanol–water partition coefficient (Wildman–Crippen LogP) is 2.57. The number of nitrogens with one attached hydrogen (secondary N) is 1. The van der Waals surface area contributed by atoms with E-state index in [1.165, 1.54) is 5.69 Å². The quantitative estimate of drug-likeness (QED) is 0.917. The highest BCUT2D eigenvalue weighted by molar-refractivity contribution is 9.10. The van der Waals surface area contributed by atoms with Gasteiger partial charge in [0, 0.05) is 49.8 Å². The van der Waals surface area contributed by atoms with Gasteiger partial charge in [0.05, 0.1) is 5.69 Å². The maximum Gasteiger partial charge on any atom is 0.0508 e. The molecular formula is C15H24BrN3. The minimum atomic E-state index is 0.187. The number of hydrogen-bond donors (Lipinski definition) is 1. The molecule has 0 aliphatic carbocycles. The van der Waals surface area contributed by atoms with Crippen molar-refractivity contribution < 1.29 is 0 Å². The zero-order chi connectivity index (χ0) is 13.9. The van der Waals surface area contributed by atoms with Gasteiger partial charge in [0.2, 0.25) is 0 Å². The first kappa shape index (κ1) is 14.8. The van der Waals surface area contributed by atoms with Gasteiger partial charge in [-0.1, -0.05) is 12.1 Å². The van der Waals surface area contributed by atoms with Crippen LogP contribution in [0.5, 0.6) is 0 Å². The van der Waals surface area contributed by atoms with Crippen LogP contribution < -0.4 is 10.2 Å². The molecule has 1 aromatic carbocycles. The Labute approximate surface area is 125 Å². The number of benzene rings is 1. The molecule has 0 saturated carbocycles. The van der Waals surface area contributed by atoms with E-state index in [2.05, 4.69) is 76.2 Å². The van der Waals surface area contributed by atoms with Gasteiger partial charge in [-0.15, -0.1) is 0 Å². The number of anilines is 1. The summed E-state index contributed by atoms with van der Waals surface area (Å²) >= 11 is 3.64. The minimum Gasteiger partial charge on any atom is -0.372 e. The number of para-hydroxylation sites is 1. The molecule has 19 heavy (non-hydrogen) atoms. The molecule has 0 amide bonds. The van der Waals surface area contributed by atoms with Gasteiger partial charge < -0.3 is 10.2 Å². The Hall–Kier alpha value is -0.580. The molecule has 3 nitrogen and oxygen atoms in total. The smallest absolute Gasteiger partial charge is 0.0508 e. The van der Waals surface area contributed by atoms with Crippen molar-refractivity contribution in [2.45, 2.75) is 19.4 Å². The highest BCUT2D eigenvalue weighted by atomic mass is 79.9. The van der Waals surface area contributed by atoms with E-state index < -0.39 is 0 Å². The lowest BCUT2D eigenvalue weighted by atomic mass is 10.0. The Kier molecular flexibility index (Phi) is 4.87. The van der Waals surface area contributed by atoms with Crippen molar-refractivity contribution in [3.8, 4) is 0 Å². The molecule has 4 heteroatoms. The summed E-state index contributed by atoms with van der Waals surface area (Å²) in [6, 6.07) is 8.42. The molecule has 106 valence electrons. The van der Waals surface area contributed by atoms with Crippen molar-refractivity contribution >= 4 is 21.6 Å². The molecule has 0 unspecified atom stereocenters. The fourth-order valence-electron chi connectivity index (χ4n) is 2.80. The number of rotatable bonds is 4. The number of likely N-dealkylation sites (N-methyl/N-ethyl adjacent to an activating group) is 1. The molecule has 1 fully saturated rings. The maximum absolute atomic E-state index is 3.64. The summed E-state index contributed by atoms with van der Waals surface area (Å²) in [6.45, 7) is 10.2. The summed E-state index contributed by atoms with van der Waals surface area (Å²) in [6.07, 6.45) is 0. The lowest BCUT2D eigenvalue weighted by Crippen LogP contribution is -2.57. The Morgan fingerprint density at radius 1 is 1.26 bits per heavy atom. The Morgan fingerprint density at radius 3 is 2.53 bits per heavy atom. The second-order valence-electron chi connectivity index (χ2n) is 5.86. The van der Waals surface area contributed by atoms with Crippen molar-refractivity contribution in [1.29, 1.82) is 0 Å². The van der Waals surface area contributed by atoms with Crippen molar-refractivity contribution in [3.63, 3.8) is 0 Å². The van der Waals surface area contributed by atoms with Crippen LogP contribution in [0.15, 0.2) is 28.7 Å². The van der Waals surface area contributed by atoms with Crippen molar-refractivity contribution in [2.24, 2.45) is 0 Å². The second kappa shape index (κ2) is 6.25. The molecule has 1 saturated heterocycles. The largest absolute Gasteiger partial charge is 0.372 e. The molecule has 1 aliphatic heterocycles. The van der Waals surface area contributed by atoms with Crippen LogP contribution in [-0.4, -0.2) is 50.2 Å². The number of piperazine rings is 1.